The van der Waals surface area contributed by atoms with Crippen molar-refractivity contribution in [2.24, 2.45) is 0 Å². The molecule has 0 saturated heterocycles. The molecular formula is C20H22N2O4. The van der Waals surface area contributed by atoms with Crippen LogP contribution in [0, 0.1) is 13.8 Å². The number of hydrogen-bond donors (Lipinski definition) is 1. The lowest BCUT2D eigenvalue weighted by Crippen LogP contribution is -2.32. The molecule has 1 aliphatic rings. The normalized spacial score (nSPS) is 14.5. The zero-order chi connectivity index (χ0) is 18.8. The van der Waals surface area contributed by atoms with Gasteiger partial charge >= 0.3 is 0 Å². The maximum atomic E-state index is 12.4. The monoisotopic (exact) mass is 354 g/mol. The number of fused-ring (bicyclic) bond motifs is 1. The predicted molar refractivity (Wildman–Crippen MR) is 95.8 cm³/mol. The van der Waals surface area contributed by atoms with E-state index in [9.17, 15) is 14.4 Å². The van der Waals surface area contributed by atoms with Crippen molar-refractivity contribution in [2.45, 2.75) is 39.7 Å². The minimum atomic E-state index is -0.287. The standard InChI is InChI=1S/C20H22N2O4/c1-12-6-8-15-16(11-12)20(25)22(19(15)24)10-4-5-18(23)21-14(3)17-9-7-13(2)26-17/h6-9,11,14H,4-5,10H2,1-3H3,(H,21,23)/t14-/m0/s1. The highest BCUT2D eigenvalue weighted by molar-refractivity contribution is 6.21. The maximum absolute atomic E-state index is 12.4. The Kier molecular flexibility index (Phi) is 4.93. The van der Waals surface area contributed by atoms with Crippen LogP contribution in [0.25, 0.3) is 0 Å². The van der Waals surface area contributed by atoms with Gasteiger partial charge in [-0.1, -0.05) is 11.6 Å². The minimum Gasteiger partial charge on any atom is -0.464 e. The molecule has 1 atom stereocenters. The smallest absolute Gasteiger partial charge is 0.261 e. The summed E-state index contributed by atoms with van der Waals surface area (Å²) in [6.45, 7) is 5.81. The molecule has 0 saturated carbocycles. The van der Waals surface area contributed by atoms with Crippen molar-refractivity contribution in [2.75, 3.05) is 6.54 Å². The van der Waals surface area contributed by atoms with Crippen molar-refractivity contribution < 1.29 is 18.8 Å². The van der Waals surface area contributed by atoms with Crippen LogP contribution < -0.4 is 5.32 Å². The first-order chi connectivity index (χ1) is 12.4. The molecule has 2 aromatic rings. The highest BCUT2D eigenvalue weighted by Gasteiger charge is 2.34. The van der Waals surface area contributed by atoms with Crippen molar-refractivity contribution in [3.05, 3.63) is 58.5 Å². The summed E-state index contributed by atoms with van der Waals surface area (Å²) in [4.78, 5) is 38.1. The summed E-state index contributed by atoms with van der Waals surface area (Å²) in [5.74, 6) is 0.783. The molecule has 3 amide bonds. The molecule has 0 unspecified atom stereocenters. The Balaban J connectivity index is 1.51. The number of hydrogen-bond acceptors (Lipinski definition) is 4. The number of carbonyl (C=O) groups is 3. The Bertz CT molecular complexity index is 868. The fourth-order valence-corrected chi connectivity index (χ4v) is 3.08. The van der Waals surface area contributed by atoms with Crippen LogP contribution in [0.2, 0.25) is 0 Å². The van der Waals surface area contributed by atoms with E-state index < -0.39 is 0 Å². The average molecular weight is 354 g/mol. The summed E-state index contributed by atoms with van der Waals surface area (Å²) >= 11 is 0. The van der Waals surface area contributed by atoms with Gasteiger partial charge in [0.25, 0.3) is 11.8 Å². The third-order valence-corrected chi connectivity index (χ3v) is 4.48. The van der Waals surface area contributed by atoms with E-state index in [1.807, 2.05) is 39.0 Å². The van der Waals surface area contributed by atoms with Gasteiger partial charge in [-0.15, -0.1) is 0 Å². The Labute approximate surface area is 152 Å². The third kappa shape index (κ3) is 3.54. The number of benzene rings is 1. The molecule has 0 fully saturated rings. The molecule has 1 aromatic carbocycles. The van der Waals surface area contributed by atoms with Crippen LogP contribution in [-0.2, 0) is 4.79 Å². The van der Waals surface area contributed by atoms with Crippen LogP contribution >= 0.6 is 0 Å². The summed E-state index contributed by atoms with van der Waals surface area (Å²) in [5, 5.41) is 2.86. The van der Waals surface area contributed by atoms with Crippen molar-refractivity contribution in [3.63, 3.8) is 0 Å². The highest BCUT2D eigenvalue weighted by Crippen LogP contribution is 2.24. The van der Waals surface area contributed by atoms with E-state index >= 15 is 0 Å². The van der Waals surface area contributed by atoms with Crippen LogP contribution in [0.4, 0.5) is 0 Å². The first kappa shape index (κ1) is 17.9. The molecule has 3 rings (SSSR count). The lowest BCUT2D eigenvalue weighted by molar-refractivity contribution is -0.122. The third-order valence-electron chi connectivity index (χ3n) is 4.48. The van der Waals surface area contributed by atoms with E-state index in [1.165, 1.54) is 4.90 Å². The minimum absolute atomic E-state index is 0.140. The van der Waals surface area contributed by atoms with E-state index in [0.29, 0.717) is 23.3 Å². The van der Waals surface area contributed by atoms with Gasteiger partial charge in [0.15, 0.2) is 0 Å². The molecule has 6 nitrogen and oxygen atoms in total. The molecule has 6 heteroatoms. The van der Waals surface area contributed by atoms with Gasteiger partial charge in [0.2, 0.25) is 5.91 Å². The number of furan rings is 1. The van der Waals surface area contributed by atoms with Crippen LogP contribution in [-0.4, -0.2) is 29.2 Å². The Hall–Kier alpha value is -2.89. The average Bonchev–Trinajstić information content (AvgIpc) is 3.12. The van der Waals surface area contributed by atoms with Crippen molar-refractivity contribution in [1.29, 1.82) is 0 Å². The van der Waals surface area contributed by atoms with Crippen LogP contribution in [0.15, 0.2) is 34.7 Å². The predicted octanol–water partition coefficient (Wildman–Crippen LogP) is 3.15. The number of nitrogens with zero attached hydrogens (tertiary/aromatic N) is 1. The quantitative estimate of drug-likeness (QED) is 0.808. The molecule has 1 aliphatic heterocycles. The molecule has 0 aliphatic carbocycles. The topological polar surface area (TPSA) is 79.6 Å². The summed E-state index contributed by atoms with van der Waals surface area (Å²) in [6, 6.07) is 8.69. The largest absolute Gasteiger partial charge is 0.464 e. The SMILES string of the molecule is Cc1ccc2c(c1)C(=O)N(CCCC(=O)N[C@@H](C)c1ccc(C)o1)C2=O. The Morgan fingerprint density at radius 2 is 1.85 bits per heavy atom. The van der Waals surface area contributed by atoms with Gasteiger partial charge in [-0.25, -0.2) is 0 Å². The fourth-order valence-electron chi connectivity index (χ4n) is 3.08. The number of carbonyl (C=O) groups excluding carboxylic acids is 3. The zero-order valence-electron chi connectivity index (χ0n) is 15.2. The number of imide groups is 1. The van der Waals surface area contributed by atoms with Gasteiger partial charge in [-0.05, 0) is 51.5 Å². The van der Waals surface area contributed by atoms with E-state index in [0.717, 1.165) is 11.3 Å². The molecule has 0 spiro atoms. The van der Waals surface area contributed by atoms with E-state index in [1.54, 1.807) is 12.1 Å². The number of aryl methyl sites for hydroxylation is 2. The van der Waals surface area contributed by atoms with Gasteiger partial charge in [0, 0.05) is 13.0 Å². The van der Waals surface area contributed by atoms with Gasteiger partial charge in [0.05, 0.1) is 17.2 Å². The van der Waals surface area contributed by atoms with Crippen molar-refractivity contribution >= 4 is 17.7 Å². The number of nitrogens with one attached hydrogen (secondary N) is 1. The zero-order valence-corrected chi connectivity index (χ0v) is 15.2. The second kappa shape index (κ2) is 7.15. The summed E-state index contributed by atoms with van der Waals surface area (Å²) in [7, 11) is 0. The highest BCUT2D eigenvalue weighted by atomic mass is 16.3. The second-order valence-corrected chi connectivity index (χ2v) is 6.65. The Morgan fingerprint density at radius 3 is 2.54 bits per heavy atom. The molecule has 136 valence electrons. The van der Waals surface area contributed by atoms with Gasteiger partial charge in [0.1, 0.15) is 11.5 Å². The first-order valence-corrected chi connectivity index (χ1v) is 8.69. The van der Waals surface area contributed by atoms with E-state index in [-0.39, 0.29) is 36.7 Å². The lowest BCUT2D eigenvalue weighted by atomic mass is 10.1. The first-order valence-electron chi connectivity index (χ1n) is 8.69. The summed E-state index contributed by atoms with van der Waals surface area (Å²) < 4.78 is 5.49. The molecule has 2 heterocycles. The molecule has 0 bridgehead atoms. The summed E-state index contributed by atoms with van der Waals surface area (Å²) in [6.07, 6.45) is 0.649. The van der Waals surface area contributed by atoms with Crippen molar-refractivity contribution in [1.82, 2.24) is 10.2 Å². The molecule has 0 radical (unpaired) electrons. The Morgan fingerprint density at radius 1 is 1.12 bits per heavy atom. The molecular weight excluding hydrogens is 332 g/mol. The molecule has 26 heavy (non-hydrogen) atoms. The molecule has 1 aromatic heterocycles. The maximum Gasteiger partial charge on any atom is 0.261 e. The number of rotatable bonds is 6. The number of amides is 3. The van der Waals surface area contributed by atoms with E-state index in [4.69, 9.17) is 4.42 Å². The van der Waals surface area contributed by atoms with Crippen LogP contribution in [0.5, 0.6) is 0 Å². The summed E-state index contributed by atoms with van der Waals surface area (Å²) in [5.41, 5.74) is 1.82. The van der Waals surface area contributed by atoms with Gasteiger partial charge in [-0.2, -0.15) is 0 Å². The van der Waals surface area contributed by atoms with Crippen molar-refractivity contribution in [3.8, 4) is 0 Å². The second-order valence-electron chi connectivity index (χ2n) is 6.65. The van der Waals surface area contributed by atoms with Gasteiger partial charge in [-0.3, -0.25) is 19.3 Å². The van der Waals surface area contributed by atoms with E-state index in [2.05, 4.69) is 5.32 Å². The molecule has 1 N–H and O–H groups in total. The van der Waals surface area contributed by atoms with Crippen LogP contribution in [0.1, 0.15) is 63.6 Å². The van der Waals surface area contributed by atoms with Crippen LogP contribution in [0.3, 0.4) is 0 Å². The fraction of sp³-hybridized carbons (Fsp3) is 0.350. The van der Waals surface area contributed by atoms with Gasteiger partial charge < -0.3 is 9.73 Å². The lowest BCUT2D eigenvalue weighted by Gasteiger charge is -2.15.